The number of rotatable bonds is 3. The average Bonchev–Trinajstić information content (AvgIpc) is 2.35. The van der Waals surface area contributed by atoms with Crippen LogP contribution in [0.3, 0.4) is 0 Å². The summed E-state index contributed by atoms with van der Waals surface area (Å²) in [6.45, 7) is 2.99. The number of hydrogen-bond acceptors (Lipinski definition) is 2. The summed E-state index contributed by atoms with van der Waals surface area (Å²) in [5, 5.41) is 3.59. The van der Waals surface area contributed by atoms with Crippen molar-refractivity contribution >= 4 is 28.3 Å². The van der Waals surface area contributed by atoms with Crippen LogP contribution in [0.5, 0.6) is 0 Å². The fraction of sp³-hybridized carbons (Fsp3) is 0.429. The van der Waals surface area contributed by atoms with Gasteiger partial charge in [-0.05, 0) is 59.7 Å². The molecule has 2 rings (SSSR count). The minimum absolute atomic E-state index is 0.587. The van der Waals surface area contributed by atoms with Crippen LogP contribution in [0.25, 0.3) is 0 Å². The fourth-order valence-corrected chi connectivity index (χ4v) is 2.51. The van der Waals surface area contributed by atoms with Crippen molar-refractivity contribution in [3.63, 3.8) is 0 Å². The lowest BCUT2D eigenvalue weighted by Gasteiger charge is -2.31. The first-order valence-corrected chi connectivity index (χ1v) is 7.04. The number of nitrogens with zero attached hydrogens (tertiary/aromatic N) is 1. The second kappa shape index (κ2) is 6.27. The van der Waals surface area contributed by atoms with Gasteiger partial charge in [-0.2, -0.15) is 0 Å². The molecule has 0 bridgehead atoms. The Morgan fingerprint density at radius 2 is 1.94 bits per heavy atom. The Morgan fingerprint density at radius 1 is 1.29 bits per heavy atom. The lowest BCUT2D eigenvalue weighted by Crippen LogP contribution is -2.39. The molecule has 0 aromatic heterocycles. The van der Waals surface area contributed by atoms with Gasteiger partial charge < -0.3 is 5.32 Å². The number of benzene rings is 1. The van der Waals surface area contributed by atoms with Crippen LogP contribution in [0.2, 0.25) is 0 Å². The van der Waals surface area contributed by atoms with Gasteiger partial charge >= 0.3 is 0 Å². The van der Waals surface area contributed by atoms with Crippen LogP contribution in [-0.4, -0.2) is 30.6 Å². The minimum atomic E-state index is 0.587. The molecule has 1 N–H and O–H groups in total. The van der Waals surface area contributed by atoms with E-state index in [-0.39, 0.29) is 0 Å². The highest BCUT2D eigenvalue weighted by molar-refractivity contribution is 14.1. The van der Waals surface area contributed by atoms with E-state index in [0.717, 1.165) is 19.6 Å². The molecule has 90 valence electrons. The third kappa shape index (κ3) is 3.90. The van der Waals surface area contributed by atoms with Gasteiger partial charge in [0.2, 0.25) is 0 Å². The van der Waals surface area contributed by atoms with Crippen molar-refractivity contribution < 1.29 is 0 Å². The van der Waals surface area contributed by atoms with Crippen LogP contribution in [0.1, 0.15) is 12.8 Å². The molecule has 1 aliphatic heterocycles. The third-order valence-corrected chi connectivity index (χ3v) is 3.84. The van der Waals surface area contributed by atoms with Crippen molar-refractivity contribution in [2.24, 2.45) is 0 Å². The predicted molar refractivity (Wildman–Crippen MR) is 81.1 cm³/mol. The normalized spacial score (nSPS) is 17.6. The Balaban J connectivity index is 1.82. The molecule has 0 amide bonds. The van der Waals surface area contributed by atoms with Crippen molar-refractivity contribution in [3.8, 4) is 12.3 Å². The first-order valence-electron chi connectivity index (χ1n) is 5.96. The molecule has 0 unspecified atom stereocenters. The molecule has 17 heavy (non-hydrogen) atoms. The Bertz CT molecular complexity index is 386. The van der Waals surface area contributed by atoms with Gasteiger partial charge in [-0.1, -0.05) is 5.92 Å². The summed E-state index contributed by atoms with van der Waals surface area (Å²) in [5.74, 6) is 2.71. The number of halogens is 1. The number of nitrogens with one attached hydrogen (secondary N) is 1. The Kier molecular flexibility index (Phi) is 4.69. The van der Waals surface area contributed by atoms with Gasteiger partial charge in [-0.15, -0.1) is 6.42 Å². The molecule has 1 fully saturated rings. The molecule has 0 radical (unpaired) electrons. The maximum atomic E-state index is 5.32. The van der Waals surface area contributed by atoms with Crippen LogP contribution in [0.15, 0.2) is 24.3 Å². The molecule has 2 nitrogen and oxygen atoms in total. The fourth-order valence-electron chi connectivity index (χ4n) is 2.15. The van der Waals surface area contributed by atoms with Crippen LogP contribution < -0.4 is 5.32 Å². The van der Waals surface area contributed by atoms with E-state index < -0.39 is 0 Å². The van der Waals surface area contributed by atoms with Gasteiger partial charge in [-0.25, -0.2) is 0 Å². The molecule has 1 aromatic carbocycles. The van der Waals surface area contributed by atoms with Gasteiger partial charge in [0.1, 0.15) is 0 Å². The molecular formula is C14H17IN2. The quantitative estimate of drug-likeness (QED) is 0.672. The summed E-state index contributed by atoms with van der Waals surface area (Å²) < 4.78 is 1.27. The van der Waals surface area contributed by atoms with Crippen LogP contribution in [0.4, 0.5) is 5.69 Å². The summed E-state index contributed by atoms with van der Waals surface area (Å²) >= 11 is 2.33. The van der Waals surface area contributed by atoms with E-state index in [2.05, 4.69) is 63.0 Å². The van der Waals surface area contributed by atoms with E-state index >= 15 is 0 Å². The van der Waals surface area contributed by atoms with E-state index in [4.69, 9.17) is 6.42 Å². The zero-order valence-corrected chi connectivity index (χ0v) is 12.0. The zero-order valence-electron chi connectivity index (χ0n) is 9.82. The second-order valence-electron chi connectivity index (χ2n) is 4.41. The van der Waals surface area contributed by atoms with E-state index in [1.54, 1.807) is 0 Å². The summed E-state index contributed by atoms with van der Waals surface area (Å²) in [7, 11) is 0. The SMILES string of the molecule is C#CCN1CCC(Nc2ccc(I)cc2)CC1. The highest BCUT2D eigenvalue weighted by atomic mass is 127. The molecule has 1 saturated heterocycles. The zero-order chi connectivity index (χ0) is 12.1. The smallest absolute Gasteiger partial charge is 0.0598 e. The molecular weight excluding hydrogens is 323 g/mol. The van der Waals surface area contributed by atoms with Gasteiger partial charge in [0, 0.05) is 28.4 Å². The maximum absolute atomic E-state index is 5.32. The van der Waals surface area contributed by atoms with Crippen molar-refractivity contribution in [1.82, 2.24) is 4.90 Å². The first-order chi connectivity index (χ1) is 8.28. The molecule has 3 heteroatoms. The summed E-state index contributed by atoms with van der Waals surface area (Å²) in [5.41, 5.74) is 1.22. The maximum Gasteiger partial charge on any atom is 0.0598 e. The topological polar surface area (TPSA) is 15.3 Å². The average molecular weight is 340 g/mol. The van der Waals surface area contributed by atoms with Crippen molar-refractivity contribution in [1.29, 1.82) is 0 Å². The number of likely N-dealkylation sites (tertiary alicyclic amines) is 1. The Morgan fingerprint density at radius 3 is 2.53 bits per heavy atom. The number of anilines is 1. The molecule has 1 heterocycles. The summed E-state index contributed by atoms with van der Waals surface area (Å²) in [4.78, 5) is 2.34. The van der Waals surface area contributed by atoms with E-state index in [0.29, 0.717) is 6.04 Å². The number of terminal acetylenes is 1. The largest absolute Gasteiger partial charge is 0.382 e. The van der Waals surface area contributed by atoms with Crippen LogP contribution in [0, 0.1) is 15.9 Å². The summed E-state index contributed by atoms with van der Waals surface area (Å²) in [6, 6.07) is 9.15. The highest BCUT2D eigenvalue weighted by Gasteiger charge is 2.17. The first kappa shape index (κ1) is 12.7. The molecule has 0 spiro atoms. The number of piperidine rings is 1. The van der Waals surface area contributed by atoms with Crippen molar-refractivity contribution in [2.75, 3.05) is 25.0 Å². The van der Waals surface area contributed by atoms with E-state index in [9.17, 15) is 0 Å². The van der Waals surface area contributed by atoms with Gasteiger partial charge in [-0.3, -0.25) is 4.90 Å². The predicted octanol–water partition coefficient (Wildman–Crippen LogP) is 2.80. The van der Waals surface area contributed by atoms with Gasteiger partial charge in [0.05, 0.1) is 6.54 Å². The lowest BCUT2D eigenvalue weighted by molar-refractivity contribution is 0.243. The highest BCUT2D eigenvalue weighted by Crippen LogP contribution is 2.17. The van der Waals surface area contributed by atoms with E-state index in [1.165, 1.54) is 22.1 Å². The minimum Gasteiger partial charge on any atom is -0.382 e. The van der Waals surface area contributed by atoms with E-state index in [1.807, 2.05) is 0 Å². The van der Waals surface area contributed by atoms with Crippen molar-refractivity contribution in [2.45, 2.75) is 18.9 Å². The van der Waals surface area contributed by atoms with Crippen LogP contribution in [-0.2, 0) is 0 Å². The molecule has 0 aliphatic carbocycles. The number of hydrogen-bond donors (Lipinski definition) is 1. The van der Waals surface area contributed by atoms with Crippen molar-refractivity contribution in [3.05, 3.63) is 27.8 Å². The standard InChI is InChI=1S/C14H17IN2/c1-2-9-17-10-7-14(8-11-17)16-13-5-3-12(15)4-6-13/h1,3-6,14,16H,7-11H2. The molecule has 0 atom stereocenters. The Labute approximate surface area is 117 Å². The third-order valence-electron chi connectivity index (χ3n) is 3.12. The molecule has 1 aliphatic rings. The Hall–Kier alpha value is -0.730. The molecule has 1 aromatic rings. The monoisotopic (exact) mass is 340 g/mol. The van der Waals surface area contributed by atoms with Gasteiger partial charge in [0.25, 0.3) is 0 Å². The molecule has 0 saturated carbocycles. The van der Waals surface area contributed by atoms with Gasteiger partial charge in [0.15, 0.2) is 0 Å². The summed E-state index contributed by atoms with van der Waals surface area (Å²) in [6.07, 6.45) is 7.67. The lowest BCUT2D eigenvalue weighted by atomic mass is 10.0. The van der Waals surface area contributed by atoms with Crippen LogP contribution >= 0.6 is 22.6 Å². The second-order valence-corrected chi connectivity index (χ2v) is 5.65.